The van der Waals surface area contributed by atoms with Gasteiger partial charge in [0.2, 0.25) is 0 Å². The lowest BCUT2D eigenvalue weighted by atomic mass is 10.1. The number of hydrogen-bond donors (Lipinski definition) is 3. The second-order valence-electron chi connectivity index (χ2n) is 3.66. The van der Waals surface area contributed by atoms with E-state index in [-0.39, 0.29) is 12.6 Å². The number of nitrogens with one attached hydrogen (secondary N) is 1. The average molecular weight is 209 g/mol. The van der Waals surface area contributed by atoms with Crippen molar-refractivity contribution in [1.29, 1.82) is 0 Å². The van der Waals surface area contributed by atoms with Gasteiger partial charge in [-0.1, -0.05) is 31.5 Å². The molecule has 0 heterocycles. The van der Waals surface area contributed by atoms with Crippen molar-refractivity contribution in [2.75, 3.05) is 11.9 Å². The van der Waals surface area contributed by atoms with Crippen LogP contribution in [0.3, 0.4) is 0 Å². The molecule has 15 heavy (non-hydrogen) atoms. The molecule has 3 N–H and O–H groups in total. The highest BCUT2D eigenvalue weighted by Crippen LogP contribution is 2.11. The summed E-state index contributed by atoms with van der Waals surface area (Å²) in [7, 11) is 0. The van der Waals surface area contributed by atoms with Crippen LogP contribution in [-0.2, 0) is 0 Å². The summed E-state index contributed by atoms with van der Waals surface area (Å²) in [6.07, 6.45) is 1.11. The molecule has 0 aliphatic carbocycles. The topological polar surface area (TPSA) is 52.5 Å². The predicted octanol–water partition coefficient (Wildman–Crippen LogP) is 1.62. The summed E-state index contributed by atoms with van der Waals surface area (Å²) in [5.41, 5.74) is 0.923. The van der Waals surface area contributed by atoms with E-state index in [1.165, 1.54) is 0 Å². The first-order valence-electron chi connectivity index (χ1n) is 5.38. The standard InChI is InChI=1S/C12H19NO2/c1-2-6-12(15)11(9-14)13-10-7-4-3-5-8-10/h3-5,7-8,11-15H,2,6,9H2,1H3. The number of para-hydroxylation sites is 1. The van der Waals surface area contributed by atoms with Crippen LogP contribution in [0, 0.1) is 0 Å². The zero-order valence-corrected chi connectivity index (χ0v) is 9.06. The molecule has 0 aliphatic rings. The van der Waals surface area contributed by atoms with E-state index in [1.54, 1.807) is 0 Å². The molecule has 0 bridgehead atoms. The molecule has 0 radical (unpaired) electrons. The maximum atomic E-state index is 9.75. The fraction of sp³-hybridized carbons (Fsp3) is 0.500. The van der Waals surface area contributed by atoms with Gasteiger partial charge in [-0.25, -0.2) is 0 Å². The van der Waals surface area contributed by atoms with Crippen molar-refractivity contribution in [2.24, 2.45) is 0 Å². The Morgan fingerprint density at radius 1 is 1.27 bits per heavy atom. The van der Waals surface area contributed by atoms with Gasteiger partial charge in [0, 0.05) is 5.69 Å². The number of aliphatic hydroxyl groups is 2. The lowest BCUT2D eigenvalue weighted by molar-refractivity contribution is 0.109. The minimum atomic E-state index is -0.500. The Morgan fingerprint density at radius 2 is 1.93 bits per heavy atom. The Labute approximate surface area is 90.8 Å². The van der Waals surface area contributed by atoms with Gasteiger partial charge in [0.15, 0.2) is 0 Å². The Balaban J connectivity index is 2.53. The summed E-state index contributed by atoms with van der Waals surface area (Å²) in [6, 6.07) is 9.32. The number of hydrogen-bond acceptors (Lipinski definition) is 3. The minimum absolute atomic E-state index is 0.0595. The van der Waals surface area contributed by atoms with Gasteiger partial charge in [-0.2, -0.15) is 0 Å². The number of aliphatic hydroxyl groups excluding tert-OH is 2. The molecule has 0 saturated heterocycles. The van der Waals surface area contributed by atoms with E-state index in [0.29, 0.717) is 6.42 Å². The normalized spacial score (nSPS) is 14.6. The smallest absolute Gasteiger partial charge is 0.0763 e. The molecule has 0 amide bonds. The van der Waals surface area contributed by atoms with Crippen LogP contribution < -0.4 is 5.32 Å². The highest BCUT2D eigenvalue weighted by Gasteiger charge is 2.16. The molecule has 0 aliphatic heterocycles. The summed E-state index contributed by atoms with van der Waals surface area (Å²) in [5.74, 6) is 0. The average Bonchev–Trinajstić information content (AvgIpc) is 2.27. The van der Waals surface area contributed by atoms with Gasteiger partial charge in [0.1, 0.15) is 0 Å². The molecule has 1 aromatic carbocycles. The molecule has 1 rings (SSSR count). The van der Waals surface area contributed by atoms with E-state index in [4.69, 9.17) is 5.11 Å². The third kappa shape index (κ3) is 3.90. The van der Waals surface area contributed by atoms with Crippen molar-refractivity contribution in [1.82, 2.24) is 0 Å². The zero-order valence-electron chi connectivity index (χ0n) is 9.06. The van der Waals surface area contributed by atoms with Gasteiger partial charge >= 0.3 is 0 Å². The van der Waals surface area contributed by atoms with E-state index >= 15 is 0 Å². The Kier molecular flexibility index (Phi) is 5.15. The molecule has 2 unspecified atom stereocenters. The molecule has 1 aromatic rings. The Bertz CT molecular complexity index is 264. The van der Waals surface area contributed by atoms with E-state index in [9.17, 15) is 5.11 Å². The zero-order chi connectivity index (χ0) is 11.1. The highest BCUT2D eigenvalue weighted by atomic mass is 16.3. The Hall–Kier alpha value is -1.06. The maximum absolute atomic E-state index is 9.75. The van der Waals surface area contributed by atoms with Gasteiger partial charge in [-0.05, 0) is 18.6 Å². The van der Waals surface area contributed by atoms with Crippen molar-refractivity contribution in [3.8, 4) is 0 Å². The van der Waals surface area contributed by atoms with Crippen LogP contribution in [0.5, 0.6) is 0 Å². The third-order valence-electron chi connectivity index (χ3n) is 2.37. The quantitative estimate of drug-likeness (QED) is 0.667. The summed E-state index contributed by atoms with van der Waals surface area (Å²) in [5, 5.41) is 22.0. The summed E-state index contributed by atoms with van der Waals surface area (Å²) < 4.78 is 0. The first-order chi connectivity index (χ1) is 7.27. The first kappa shape index (κ1) is 12.0. The van der Waals surface area contributed by atoms with Crippen molar-refractivity contribution >= 4 is 5.69 Å². The largest absolute Gasteiger partial charge is 0.394 e. The van der Waals surface area contributed by atoms with Gasteiger partial charge in [0.25, 0.3) is 0 Å². The fourth-order valence-electron chi connectivity index (χ4n) is 1.51. The van der Waals surface area contributed by atoms with Crippen LogP contribution in [0.25, 0.3) is 0 Å². The van der Waals surface area contributed by atoms with Crippen molar-refractivity contribution in [2.45, 2.75) is 31.9 Å². The fourth-order valence-corrected chi connectivity index (χ4v) is 1.51. The van der Waals surface area contributed by atoms with Crippen LogP contribution in [0.2, 0.25) is 0 Å². The summed E-state index contributed by atoms with van der Waals surface area (Å²) in [4.78, 5) is 0. The second-order valence-corrected chi connectivity index (χ2v) is 3.66. The number of anilines is 1. The van der Waals surface area contributed by atoms with Crippen LogP contribution in [0.4, 0.5) is 5.69 Å². The lowest BCUT2D eigenvalue weighted by Gasteiger charge is -2.22. The molecule has 0 spiro atoms. The van der Waals surface area contributed by atoms with Gasteiger partial charge < -0.3 is 15.5 Å². The van der Waals surface area contributed by atoms with Gasteiger partial charge in [0.05, 0.1) is 18.8 Å². The van der Waals surface area contributed by atoms with Crippen LogP contribution in [0.15, 0.2) is 30.3 Å². The molecule has 0 saturated carbocycles. The minimum Gasteiger partial charge on any atom is -0.394 e. The number of rotatable bonds is 6. The van der Waals surface area contributed by atoms with Crippen LogP contribution in [0.1, 0.15) is 19.8 Å². The molecule has 2 atom stereocenters. The van der Waals surface area contributed by atoms with Gasteiger partial charge in [-0.3, -0.25) is 0 Å². The molecular weight excluding hydrogens is 190 g/mol. The molecule has 3 heteroatoms. The van der Waals surface area contributed by atoms with Crippen molar-refractivity contribution < 1.29 is 10.2 Å². The molecule has 84 valence electrons. The summed E-state index contributed by atoms with van der Waals surface area (Å²) in [6.45, 7) is 1.95. The SMILES string of the molecule is CCCC(O)C(CO)Nc1ccccc1. The van der Waals surface area contributed by atoms with Gasteiger partial charge in [-0.15, -0.1) is 0 Å². The second kappa shape index (κ2) is 6.43. The van der Waals surface area contributed by atoms with E-state index in [1.807, 2.05) is 37.3 Å². The molecular formula is C12H19NO2. The monoisotopic (exact) mass is 209 g/mol. The van der Waals surface area contributed by atoms with Crippen LogP contribution in [-0.4, -0.2) is 29.0 Å². The molecule has 3 nitrogen and oxygen atoms in total. The lowest BCUT2D eigenvalue weighted by Crippen LogP contribution is -2.36. The maximum Gasteiger partial charge on any atom is 0.0763 e. The molecule has 0 aromatic heterocycles. The first-order valence-corrected chi connectivity index (χ1v) is 5.38. The van der Waals surface area contributed by atoms with E-state index in [0.717, 1.165) is 12.1 Å². The highest BCUT2D eigenvalue weighted by molar-refractivity contribution is 5.43. The molecule has 0 fully saturated rings. The predicted molar refractivity (Wildman–Crippen MR) is 61.9 cm³/mol. The number of benzene rings is 1. The van der Waals surface area contributed by atoms with Crippen molar-refractivity contribution in [3.63, 3.8) is 0 Å². The van der Waals surface area contributed by atoms with E-state index < -0.39 is 6.10 Å². The summed E-state index contributed by atoms with van der Waals surface area (Å²) >= 11 is 0. The van der Waals surface area contributed by atoms with Crippen molar-refractivity contribution in [3.05, 3.63) is 30.3 Å². The Morgan fingerprint density at radius 3 is 2.47 bits per heavy atom. The third-order valence-corrected chi connectivity index (χ3v) is 2.37. The van der Waals surface area contributed by atoms with E-state index in [2.05, 4.69) is 5.32 Å². The van der Waals surface area contributed by atoms with Crippen LogP contribution >= 0.6 is 0 Å².